The maximum absolute atomic E-state index is 6.68. The van der Waals surface area contributed by atoms with Crippen molar-refractivity contribution in [3.8, 4) is 33.4 Å². The van der Waals surface area contributed by atoms with Crippen molar-refractivity contribution in [2.45, 2.75) is 0 Å². The van der Waals surface area contributed by atoms with Gasteiger partial charge in [-0.25, -0.2) is 0 Å². The van der Waals surface area contributed by atoms with Crippen molar-refractivity contribution in [1.29, 1.82) is 0 Å². The summed E-state index contributed by atoms with van der Waals surface area (Å²) in [6.07, 6.45) is 0. The lowest BCUT2D eigenvalue weighted by molar-refractivity contribution is 0.665. The SMILES string of the molecule is c1ccc(-c2ccc(N(c3ccc(-c4ccccc4)cc3)c3cc(-c4cccc5c4oc4ccccc45)c4oc5ccccc5c4c3)cc2)cc1. The lowest BCUT2D eigenvalue weighted by Crippen LogP contribution is -2.10. The topological polar surface area (TPSA) is 29.5 Å². The summed E-state index contributed by atoms with van der Waals surface area (Å²) in [5.41, 5.74) is 13.3. The second-order valence-corrected chi connectivity index (χ2v) is 12.9. The van der Waals surface area contributed by atoms with Gasteiger partial charge in [0.25, 0.3) is 0 Å². The van der Waals surface area contributed by atoms with Crippen LogP contribution in [0.5, 0.6) is 0 Å². The molecule has 0 aliphatic rings. The fourth-order valence-corrected chi connectivity index (χ4v) is 7.41. The highest BCUT2D eigenvalue weighted by molar-refractivity contribution is 6.16. The molecule has 0 unspecified atom stereocenters. The molecule has 10 rings (SSSR count). The molecule has 0 aliphatic heterocycles. The molecule has 10 aromatic rings. The van der Waals surface area contributed by atoms with Gasteiger partial charge in [-0.1, -0.05) is 140 Å². The molecule has 0 atom stereocenters. The third-order valence-electron chi connectivity index (χ3n) is 9.88. The normalized spacial score (nSPS) is 11.5. The second-order valence-electron chi connectivity index (χ2n) is 12.9. The van der Waals surface area contributed by atoms with E-state index in [2.05, 4.69) is 169 Å². The summed E-state index contributed by atoms with van der Waals surface area (Å²) in [5.74, 6) is 0. The minimum atomic E-state index is 0.840. The maximum Gasteiger partial charge on any atom is 0.143 e. The number of hydrogen-bond acceptors (Lipinski definition) is 3. The first-order valence-corrected chi connectivity index (χ1v) is 17.3. The zero-order valence-corrected chi connectivity index (χ0v) is 27.7. The largest absolute Gasteiger partial charge is 0.455 e. The highest BCUT2D eigenvalue weighted by atomic mass is 16.3. The van der Waals surface area contributed by atoms with Gasteiger partial charge < -0.3 is 13.7 Å². The first-order valence-electron chi connectivity index (χ1n) is 17.3. The molecule has 0 saturated carbocycles. The molecule has 3 nitrogen and oxygen atoms in total. The Morgan fingerprint density at radius 1 is 0.294 bits per heavy atom. The van der Waals surface area contributed by atoms with Crippen LogP contribution in [-0.2, 0) is 0 Å². The standard InChI is InChI=1S/C48H31NO2/c1-3-12-32(13-4-1)34-22-26-36(27-23-34)49(37-28-24-35(25-29-37)33-14-5-2-6-15-33)38-30-43-40-17-8-10-21-46(40)51-48(43)44(31-38)42-19-11-18-41-39-16-7-9-20-45(39)50-47(41)42/h1-31H. The molecule has 0 amide bonds. The summed E-state index contributed by atoms with van der Waals surface area (Å²) in [7, 11) is 0. The minimum Gasteiger partial charge on any atom is -0.455 e. The van der Waals surface area contributed by atoms with Gasteiger partial charge in [0.1, 0.15) is 22.3 Å². The van der Waals surface area contributed by atoms with Crippen LogP contribution in [0, 0.1) is 0 Å². The Labute approximate surface area is 295 Å². The highest BCUT2D eigenvalue weighted by Gasteiger charge is 2.22. The minimum absolute atomic E-state index is 0.840. The van der Waals surface area contributed by atoms with Crippen LogP contribution in [0.3, 0.4) is 0 Å². The number of furan rings is 2. The van der Waals surface area contributed by atoms with Gasteiger partial charge in [-0.2, -0.15) is 0 Å². The molecule has 0 N–H and O–H groups in total. The van der Waals surface area contributed by atoms with E-state index in [4.69, 9.17) is 8.83 Å². The van der Waals surface area contributed by atoms with Crippen LogP contribution in [0.1, 0.15) is 0 Å². The van der Waals surface area contributed by atoms with E-state index < -0.39 is 0 Å². The third kappa shape index (κ3) is 4.98. The maximum atomic E-state index is 6.68. The number of nitrogens with zero attached hydrogens (tertiary/aromatic N) is 1. The van der Waals surface area contributed by atoms with Crippen LogP contribution < -0.4 is 4.90 Å². The summed E-state index contributed by atoms with van der Waals surface area (Å²) < 4.78 is 13.3. The summed E-state index contributed by atoms with van der Waals surface area (Å²) >= 11 is 0. The number of benzene rings is 8. The van der Waals surface area contributed by atoms with Crippen molar-refractivity contribution in [3.63, 3.8) is 0 Å². The highest BCUT2D eigenvalue weighted by Crippen LogP contribution is 2.46. The summed E-state index contributed by atoms with van der Waals surface area (Å²) in [5, 5.41) is 4.32. The Morgan fingerprint density at radius 2 is 0.745 bits per heavy atom. The molecule has 0 aliphatic carbocycles. The molecule has 0 fully saturated rings. The van der Waals surface area contributed by atoms with Crippen LogP contribution >= 0.6 is 0 Å². The Balaban J connectivity index is 1.22. The van der Waals surface area contributed by atoms with Crippen LogP contribution in [0.2, 0.25) is 0 Å². The predicted octanol–water partition coefficient (Wildman–Crippen LogP) is 14.0. The van der Waals surface area contributed by atoms with Crippen molar-refractivity contribution in [2.24, 2.45) is 0 Å². The van der Waals surface area contributed by atoms with Gasteiger partial charge in [-0.05, 0) is 70.8 Å². The molecule has 240 valence electrons. The number of hydrogen-bond donors (Lipinski definition) is 0. The Bertz CT molecular complexity index is 2750. The van der Waals surface area contributed by atoms with Crippen LogP contribution in [0.4, 0.5) is 17.1 Å². The molecular weight excluding hydrogens is 623 g/mol. The molecule has 0 radical (unpaired) electrons. The smallest absolute Gasteiger partial charge is 0.143 e. The van der Waals surface area contributed by atoms with Gasteiger partial charge >= 0.3 is 0 Å². The Kier molecular flexibility index (Phi) is 6.81. The van der Waals surface area contributed by atoms with E-state index in [0.29, 0.717) is 0 Å². The number of fused-ring (bicyclic) bond motifs is 6. The Morgan fingerprint density at radius 3 is 1.31 bits per heavy atom. The predicted molar refractivity (Wildman–Crippen MR) is 212 cm³/mol. The average Bonchev–Trinajstić information content (AvgIpc) is 3.78. The first-order chi connectivity index (χ1) is 25.3. The zero-order valence-electron chi connectivity index (χ0n) is 27.7. The van der Waals surface area contributed by atoms with Crippen LogP contribution in [-0.4, -0.2) is 0 Å². The molecule has 2 aromatic heterocycles. The van der Waals surface area contributed by atoms with Crippen LogP contribution in [0.15, 0.2) is 197 Å². The van der Waals surface area contributed by atoms with E-state index in [0.717, 1.165) is 72.1 Å². The molecular formula is C48H31NO2. The number of anilines is 3. The van der Waals surface area contributed by atoms with E-state index in [1.165, 1.54) is 22.3 Å². The third-order valence-corrected chi connectivity index (χ3v) is 9.88. The Hall–Kier alpha value is -6.84. The lowest BCUT2D eigenvalue weighted by Gasteiger charge is -2.27. The molecule has 51 heavy (non-hydrogen) atoms. The second kappa shape index (κ2) is 11.9. The van der Waals surface area contributed by atoms with Gasteiger partial charge in [0.15, 0.2) is 0 Å². The van der Waals surface area contributed by atoms with Crippen molar-refractivity contribution in [2.75, 3.05) is 4.90 Å². The molecule has 0 saturated heterocycles. The summed E-state index contributed by atoms with van der Waals surface area (Å²) in [6.45, 7) is 0. The van der Waals surface area contributed by atoms with E-state index in [-0.39, 0.29) is 0 Å². The zero-order chi connectivity index (χ0) is 33.7. The van der Waals surface area contributed by atoms with E-state index in [1.54, 1.807) is 0 Å². The van der Waals surface area contributed by atoms with Gasteiger partial charge in [0.05, 0.1) is 0 Å². The molecule has 3 heteroatoms. The van der Waals surface area contributed by atoms with Crippen molar-refractivity contribution in [1.82, 2.24) is 0 Å². The van der Waals surface area contributed by atoms with Gasteiger partial charge in [-0.3, -0.25) is 0 Å². The number of rotatable bonds is 6. The summed E-state index contributed by atoms with van der Waals surface area (Å²) in [4.78, 5) is 2.34. The molecule has 2 heterocycles. The van der Waals surface area contributed by atoms with Gasteiger partial charge in [0.2, 0.25) is 0 Å². The fourth-order valence-electron chi connectivity index (χ4n) is 7.41. The molecule has 0 spiro atoms. The quantitative estimate of drug-likeness (QED) is 0.179. The lowest BCUT2D eigenvalue weighted by atomic mass is 9.98. The van der Waals surface area contributed by atoms with Gasteiger partial charge in [0, 0.05) is 49.7 Å². The van der Waals surface area contributed by atoms with E-state index in [1.807, 2.05) is 24.3 Å². The molecule has 0 bridgehead atoms. The molecule has 8 aromatic carbocycles. The summed E-state index contributed by atoms with van der Waals surface area (Å²) in [6, 6.07) is 66.2. The van der Waals surface area contributed by atoms with E-state index in [9.17, 15) is 0 Å². The number of para-hydroxylation sites is 3. The average molecular weight is 654 g/mol. The monoisotopic (exact) mass is 653 g/mol. The first kappa shape index (κ1) is 29.1. The van der Waals surface area contributed by atoms with Crippen molar-refractivity contribution >= 4 is 60.9 Å². The van der Waals surface area contributed by atoms with Crippen LogP contribution in [0.25, 0.3) is 77.3 Å². The van der Waals surface area contributed by atoms with Gasteiger partial charge in [-0.15, -0.1) is 0 Å². The van der Waals surface area contributed by atoms with E-state index >= 15 is 0 Å². The van der Waals surface area contributed by atoms with Crippen molar-refractivity contribution < 1.29 is 8.83 Å². The fraction of sp³-hybridized carbons (Fsp3) is 0. The van der Waals surface area contributed by atoms with Crippen molar-refractivity contribution in [3.05, 3.63) is 188 Å².